The van der Waals surface area contributed by atoms with Crippen LogP contribution in [0.5, 0.6) is 0 Å². The van der Waals surface area contributed by atoms with Gasteiger partial charge in [-0.05, 0) is 48.7 Å². The molecule has 0 aliphatic carbocycles. The molecule has 0 spiro atoms. The lowest BCUT2D eigenvalue weighted by Crippen LogP contribution is -2.46. The number of nitrogens with one attached hydrogen (secondary N) is 1. The molecular weight excluding hydrogens is 357 g/mol. The Balaban J connectivity index is 1.23. The summed E-state index contributed by atoms with van der Waals surface area (Å²) >= 11 is 0. The lowest BCUT2D eigenvalue weighted by molar-refractivity contribution is -0.117. The van der Waals surface area contributed by atoms with E-state index in [1.54, 1.807) is 0 Å². The van der Waals surface area contributed by atoms with E-state index in [9.17, 15) is 9.18 Å². The molecule has 5 rings (SSSR count). The highest BCUT2D eigenvalue weighted by Crippen LogP contribution is 2.35. The molecule has 2 fully saturated rings. The predicted octanol–water partition coefficient (Wildman–Crippen LogP) is 2.46. The zero-order valence-electron chi connectivity index (χ0n) is 15.8. The Morgan fingerprint density at radius 2 is 1.89 bits per heavy atom. The number of nitrogens with zero attached hydrogens (tertiary/aromatic N) is 4. The topological polar surface area (TPSA) is 51.7 Å². The van der Waals surface area contributed by atoms with Crippen molar-refractivity contribution in [3.63, 3.8) is 0 Å². The largest absolute Gasteiger partial charge is 0.369 e. The van der Waals surface area contributed by atoms with Gasteiger partial charge >= 0.3 is 0 Å². The van der Waals surface area contributed by atoms with E-state index in [1.807, 2.05) is 18.3 Å². The number of carbonyl (C=O) groups excluding carboxylic acids is 1. The summed E-state index contributed by atoms with van der Waals surface area (Å²) in [4.78, 5) is 23.8. The van der Waals surface area contributed by atoms with Gasteiger partial charge in [-0.25, -0.2) is 9.37 Å². The van der Waals surface area contributed by atoms with E-state index in [4.69, 9.17) is 0 Å². The maximum Gasteiger partial charge on any atom is 0.247 e. The Kier molecular flexibility index (Phi) is 4.39. The Morgan fingerprint density at radius 1 is 1.11 bits per heavy atom. The number of hydrogen-bond donors (Lipinski definition) is 1. The molecule has 1 atom stereocenters. The number of piperazine rings is 1. The van der Waals surface area contributed by atoms with Crippen LogP contribution in [0.25, 0.3) is 0 Å². The van der Waals surface area contributed by atoms with Crippen LogP contribution in [-0.4, -0.2) is 54.6 Å². The second kappa shape index (κ2) is 7.05. The van der Waals surface area contributed by atoms with Crippen LogP contribution in [0.15, 0.2) is 36.5 Å². The van der Waals surface area contributed by atoms with Gasteiger partial charge < -0.3 is 15.1 Å². The van der Waals surface area contributed by atoms with Gasteiger partial charge in [-0.3, -0.25) is 9.69 Å². The molecule has 2 aromatic rings. The molecule has 1 aromatic heterocycles. The Morgan fingerprint density at radius 3 is 2.68 bits per heavy atom. The number of pyridine rings is 1. The molecule has 0 radical (unpaired) electrons. The van der Waals surface area contributed by atoms with Gasteiger partial charge in [0.2, 0.25) is 5.91 Å². The molecule has 4 heterocycles. The number of benzene rings is 1. The fraction of sp³-hybridized carbons (Fsp3) is 0.429. The Hall–Kier alpha value is -2.67. The maximum atomic E-state index is 13.1. The highest BCUT2D eigenvalue weighted by molar-refractivity contribution is 6.03. The first kappa shape index (κ1) is 17.4. The first-order valence-corrected chi connectivity index (χ1v) is 9.97. The Labute approximate surface area is 163 Å². The van der Waals surface area contributed by atoms with Gasteiger partial charge in [0, 0.05) is 51.2 Å². The van der Waals surface area contributed by atoms with Crippen LogP contribution >= 0.6 is 0 Å². The van der Waals surface area contributed by atoms with Crippen LogP contribution in [0.4, 0.5) is 21.6 Å². The van der Waals surface area contributed by atoms with Crippen LogP contribution in [-0.2, 0) is 11.3 Å². The fourth-order valence-electron chi connectivity index (χ4n) is 4.49. The highest BCUT2D eigenvalue weighted by Gasteiger charge is 2.37. The van der Waals surface area contributed by atoms with Crippen LogP contribution in [0.3, 0.4) is 0 Å². The van der Waals surface area contributed by atoms with E-state index in [-0.39, 0.29) is 17.8 Å². The second-order valence-corrected chi connectivity index (χ2v) is 7.80. The summed E-state index contributed by atoms with van der Waals surface area (Å²) in [5, 5.41) is 3.04. The average molecular weight is 381 g/mol. The highest BCUT2D eigenvalue weighted by atomic mass is 19.1. The van der Waals surface area contributed by atoms with E-state index >= 15 is 0 Å². The van der Waals surface area contributed by atoms with Crippen LogP contribution < -0.4 is 15.1 Å². The first-order chi connectivity index (χ1) is 13.7. The number of halogens is 1. The lowest BCUT2D eigenvalue weighted by atomic mass is 10.1. The van der Waals surface area contributed by atoms with Crippen molar-refractivity contribution in [3.8, 4) is 0 Å². The minimum Gasteiger partial charge on any atom is -0.369 e. The number of carbonyl (C=O) groups is 1. The SMILES string of the molecule is O=C1Nc2cc(CN3CCN(c4ccc(F)cc4)CC3)cnc2N2CCCC12. The quantitative estimate of drug-likeness (QED) is 0.885. The number of fused-ring (bicyclic) bond motifs is 3. The first-order valence-electron chi connectivity index (χ1n) is 9.97. The van der Waals surface area contributed by atoms with E-state index in [0.717, 1.165) is 74.9 Å². The van der Waals surface area contributed by atoms with Gasteiger partial charge in [-0.1, -0.05) is 0 Å². The third-order valence-electron chi connectivity index (χ3n) is 5.98. The molecule has 146 valence electrons. The summed E-state index contributed by atoms with van der Waals surface area (Å²) in [5.74, 6) is 0.804. The molecule has 0 bridgehead atoms. The van der Waals surface area contributed by atoms with E-state index in [2.05, 4.69) is 31.1 Å². The third-order valence-corrected chi connectivity index (χ3v) is 5.98. The summed E-state index contributed by atoms with van der Waals surface area (Å²) in [7, 11) is 0. The molecule has 1 amide bonds. The maximum absolute atomic E-state index is 13.1. The number of hydrogen-bond acceptors (Lipinski definition) is 5. The molecule has 1 unspecified atom stereocenters. The van der Waals surface area contributed by atoms with Crippen molar-refractivity contribution < 1.29 is 9.18 Å². The molecule has 1 N–H and O–H groups in total. The standard InChI is InChI=1S/C21H24FN5O/c22-16-3-5-17(6-4-16)26-10-8-25(9-11-26)14-15-12-18-20(23-13-15)27-7-1-2-19(27)21(28)24-18/h3-6,12-13,19H,1-2,7-11,14H2,(H,24,28). The van der Waals surface area contributed by atoms with Crippen molar-refractivity contribution in [1.82, 2.24) is 9.88 Å². The van der Waals surface area contributed by atoms with Gasteiger partial charge in [0.25, 0.3) is 0 Å². The van der Waals surface area contributed by atoms with E-state index in [0.29, 0.717) is 0 Å². The van der Waals surface area contributed by atoms with Crippen molar-refractivity contribution in [2.24, 2.45) is 0 Å². The zero-order chi connectivity index (χ0) is 19.1. The third kappa shape index (κ3) is 3.20. The van der Waals surface area contributed by atoms with Crippen molar-refractivity contribution >= 4 is 23.1 Å². The van der Waals surface area contributed by atoms with Gasteiger partial charge in [0.1, 0.15) is 11.9 Å². The smallest absolute Gasteiger partial charge is 0.247 e. The van der Waals surface area contributed by atoms with E-state index < -0.39 is 0 Å². The van der Waals surface area contributed by atoms with Crippen LogP contribution in [0.1, 0.15) is 18.4 Å². The zero-order valence-corrected chi connectivity index (χ0v) is 15.8. The van der Waals surface area contributed by atoms with Crippen molar-refractivity contribution in [2.45, 2.75) is 25.4 Å². The number of amides is 1. The van der Waals surface area contributed by atoms with Gasteiger partial charge in [0.05, 0.1) is 5.69 Å². The summed E-state index contributed by atoms with van der Waals surface area (Å²) in [6.07, 6.45) is 3.89. The summed E-state index contributed by atoms with van der Waals surface area (Å²) in [5.41, 5.74) is 3.02. The number of aromatic nitrogens is 1. The molecule has 3 aliphatic heterocycles. The molecule has 7 heteroatoms. The molecule has 2 saturated heterocycles. The molecule has 6 nitrogen and oxygen atoms in total. The summed E-state index contributed by atoms with van der Waals surface area (Å²) in [6, 6.07) is 8.73. The molecule has 3 aliphatic rings. The van der Waals surface area contributed by atoms with Crippen molar-refractivity contribution in [1.29, 1.82) is 0 Å². The number of rotatable bonds is 3. The normalized spacial score (nSPS) is 22.0. The monoisotopic (exact) mass is 381 g/mol. The minimum absolute atomic E-state index is 0.0506. The minimum atomic E-state index is -0.199. The molecule has 28 heavy (non-hydrogen) atoms. The predicted molar refractivity (Wildman–Crippen MR) is 107 cm³/mol. The lowest BCUT2D eigenvalue weighted by Gasteiger charge is -2.36. The second-order valence-electron chi connectivity index (χ2n) is 7.80. The fourth-order valence-corrected chi connectivity index (χ4v) is 4.49. The van der Waals surface area contributed by atoms with Gasteiger partial charge in [-0.15, -0.1) is 0 Å². The van der Waals surface area contributed by atoms with Crippen LogP contribution in [0.2, 0.25) is 0 Å². The summed E-state index contributed by atoms with van der Waals surface area (Å²) in [6.45, 7) is 5.43. The summed E-state index contributed by atoms with van der Waals surface area (Å²) < 4.78 is 13.1. The van der Waals surface area contributed by atoms with Crippen LogP contribution in [0, 0.1) is 5.82 Å². The van der Waals surface area contributed by atoms with Crippen molar-refractivity contribution in [3.05, 3.63) is 47.9 Å². The molecule has 1 aromatic carbocycles. The molecule has 0 saturated carbocycles. The average Bonchev–Trinajstić information content (AvgIpc) is 3.20. The van der Waals surface area contributed by atoms with Gasteiger partial charge in [-0.2, -0.15) is 0 Å². The van der Waals surface area contributed by atoms with Crippen molar-refractivity contribution in [2.75, 3.05) is 47.8 Å². The Bertz CT molecular complexity index is 879. The molecular formula is C21H24FN5O. The van der Waals surface area contributed by atoms with E-state index in [1.165, 1.54) is 12.1 Å². The number of anilines is 3. The van der Waals surface area contributed by atoms with Gasteiger partial charge in [0.15, 0.2) is 5.82 Å².